The minimum atomic E-state index is -0.673. The summed E-state index contributed by atoms with van der Waals surface area (Å²) in [5.41, 5.74) is 3.42. The summed E-state index contributed by atoms with van der Waals surface area (Å²) in [6.07, 6.45) is 4.70. The zero-order valence-electron chi connectivity index (χ0n) is 20.1. The number of aliphatic hydroxyl groups is 1. The Morgan fingerprint density at radius 3 is 2.66 bits per heavy atom. The highest BCUT2D eigenvalue weighted by Gasteiger charge is 2.15. The summed E-state index contributed by atoms with van der Waals surface area (Å²) in [6.45, 7) is 4.36. The van der Waals surface area contributed by atoms with E-state index in [4.69, 9.17) is 14.2 Å². The van der Waals surface area contributed by atoms with Gasteiger partial charge in [0.2, 0.25) is 0 Å². The standard InChI is InChI=1S/C25H28FN5O4/c1-15(2)35-14-19(32)13-31-12-17(10-28-31)22-11-27-21-6-5-18(29-25(21)30-22)7-16-8-20(33-3)9-23(34-4)24(16)26/h5-6,8-12,15,19,32H,7,13-14H2,1-4H3. The van der Waals surface area contributed by atoms with E-state index < -0.39 is 11.9 Å². The first-order valence-corrected chi connectivity index (χ1v) is 11.2. The lowest BCUT2D eigenvalue weighted by Gasteiger charge is -2.13. The normalized spacial score (nSPS) is 12.3. The number of ether oxygens (including phenoxy) is 3. The number of pyridine rings is 1. The van der Waals surface area contributed by atoms with Crippen LogP contribution in [0.25, 0.3) is 22.4 Å². The summed E-state index contributed by atoms with van der Waals surface area (Å²) in [7, 11) is 2.93. The summed E-state index contributed by atoms with van der Waals surface area (Å²) >= 11 is 0. The fourth-order valence-corrected chi connectivity index (χ4v) is 3.56. The smallest absolute Gasteiger partial charge is 0.179 e. The SMILES string of the molecule is COc1cc(Cc2ccc3ncc(-c4cnn(CC(O)COC(C)C)c4)nc3n2)c(F)c(OC)c1. The Morgan fingerprint density at radius 2 is 1.91 bits per heavy atom. The number of halogens is 1. The van der Waals surface area contributed by atoms with Crippen molar-refractivity contribution in [3.8, 4) is 22.8 Å². The van der Waals surface area contributed by atoms with Gasteiger partial charge < -0.3 is 19.3 Å². The molecule has 35 heavy (non-hydrogen) atoms. The molecule has 9 nitrogen and oxygen atoms in total. The molecule has 0 aliphatic heterocycles. The molecule has 4 rings (SSSR count). The molecule has 4 aromatic rings. The van der Waals surface area contributed by atoms with Crippen molar-refractivity contribution >= 4 is 11.2 Å². The summed E-state index contributed by atoms with van der Waals surface area (Å²) in [5, 5.41) is 14.4. The second kappa shape index (κ2) is 10.7. The molecule has 184 valence electrons. The molecule has 3 heterocycles. The molecule has 0 aliphatic rings. The van der Waals surface area contributed by atoms with Crippen LogP contribution in [0.15, 0.2) is 42.9 Å². The van der Waals surface area contributed by atoms with Crippen molar-refractivity contribution in [1.82, 2.24) is 24.7 Å². The van der Waals surface area contributed by atoms with Crippen LogP contribution >= 0.6 is 0 Å². The Bertz CT molecular complexity index is 1310. The first-order chi connectivity index (χ1) is 16.9. The number of methoxy groups -OCH3 is 2. The number of rotatable bonds is 10. The lowest BCUT2D eigenvalue weighted by atomic mass is 10.1. The van der Waals surface area contributed by atoms with Crippen LogP contribution in [0.2, 0.25) is 0 Å². The number of nitrogens with zero attached hydrogens (tertiary/aromatic N) is 5. The molecule has 3 aromatic heterocycles. The summed E-state index contributed by atoms with van der Waals surface area (Å²) < 4.78 is 32.2. The number of aromatic nitrogens is 5. The third kappa shape index (κ3) is 5.90. The predicted molar refractivity (Wildman–Crippen MR) is 128 cm³/mol. The van der Waals surface area contributed by atoms with E-state index in [9.17, 15) is 9.50 Å². The largest absolute Gasteiger partial charge is 0.497 e. The van der Waals surface area contributed by atoms with Crippen LogP contribution in [-0.2, 0) is 17.7 Å². The van der Waals surface area contributed by atoms with Crippen molar-refractivity contribution < 1.29 is 23.7 Å². The lowest BCUT2D eigenvalue weighted by molar-refractivity contribution is -0.00201. The van der Waals surface area contributed by atoms with E-state index in [2.05, 4.69) is 20.1 Å². The molecule has 0 saturated carbocycles. The van der Waals surface area contributed by atoms with Crippen LogP contribution in [0.3, 0.4) is 0 Å². The first-order valence-electron chi connectivity index (χ1n) is 11.2. The van der Waals surface area contributed by atoms with Gasteiger partial charge in [-0.05, 0) is 32.0 Å². The Hall–Kier alpha value is -3.63. The molecule has 0 bridgehead atoms. The molecule has 0 fully saturated rings. The van der Waals surface area contributed by atoms with Crippen LogP contribution in [0.5, 0.6) is 11.5 Å². The maximum absolute atomic E-state index is 14.8. The molecule has 1 atom stereocenters. The van der Waals surface area contributed by atoms with E-state index in [0.717, 1.165) is 5.56 Å². The Kier molecular flexibility index (Phi) is 7.52. The first kappa shape index (κ1) is 24.5. The summed E-state index contributed by atoms with van der Waals surface area (Å²) in [6, 6.07) is 6.72. The van der Waals surface area contributed by atoms with Gasteiger partial charge in [-0.25, -0.2) is 14.4 Å². The van der Waals surface area contributed by atoms with Gasteiger partial charge in [0.15, 0.2) is 17.2 Å². The summed E-state index contributed by atoms with van der Waals surface area (Å²) in [4.78, 5) is 13.7. The maximum Gasteiger partial charge on any atom is 0.179 e. The van der Waals surface area contributed by atoms with Gasteiger partial charge in [-0.1, -0.05) is 0 Å². The third-order valence-electron chi connectivity index (χ3n) is 5.33. The Morgan fingerprint density at radius 1 is 1.09 bits per heavy atom. The van der Waals surface area contributed by atoms with Gasteiger partial charge in [0.05, 0.1) is 57.7 Å². The van der Waals surface area contributed by atoms with E-state index in [1.54, 1.807) is 41.5 Å². The highest BCUT2D eigenvalue weighted by atomic mass is 19.1. The van der Waals surface area contributed by atoms with Crippen molar-refractivity contribution in [1.29, 1.82) is 0 Å². The van der Waals surface area contributed by atoms with E-state index in [-0.39, 0.29) is 24.9 Å². The van der Waals surface area contributed by atoms with E-state index in [0.29, 0.717) is 40.4 Å². The third-order valence-corrected chi connectivity index (χ3v) is 5.33. The number of hydrogen-bond acceptors (Lipinski definition) is 8. The maximum atomic E-state index is 14.8. The topological polar surface area (TPSA) is 104 Å². The molecule has 1 aromatic carbocycles. The van der Waals surface area contributed by atoms with Gasteiger partial charge in [-0.3, -0.25) is 9.67 Å². The molecule has 0 spiro atoms. The predicted octanol–water partition coefficient (Wildman–Crippen LogP) is 3.42. The number of fused-ring (bicyclic) bond motifs is 1. The molecule has 1 unspecified atom stereocenters. The van der Waals surface area contributed by atoms with Crippen LogP contribution in [0, 0.1) is 5.82 Å². The van der Waals surface area contributed by atoms with Gasteiger partial charge in [0.25, 0.3) is 0 Å². The second-order valence-corrected chi connectivity index (χ2v) is 8.37. The highest BCUT2D eigenvalue weighted by molar-refractivity contribution is 5.73. The van der Waals surface area contributed by atoms with E-state index in [1.165, 1.54) is 20.3 Å². The van der Waals surface area contributed by atoms with Gasteiger partial charge in [-0.2, -0.15) is 5.10 Å². The molecule has 0 saturated heterocycles. The fraction of sp³-hybridized carbons (Fsp3) is 0.360. The Labute approximate surface area is 202 Å². The van der Waals surface area contributed by atoms with Gasteiger partial charge in [0, 0.05) is 35.5 Å². The molecule has 0 amide bonds. The zero-order chi connectivity index (χ0) is 24.9. The highest BCUT2D eigenvalue weighted by Crippen LogP contribution is 2.29. The quantitative estimate of drug-likeness (QED) is 0.367. The minimum absolute atomic E-state index is 0.0468. The zero-order valence-corrected chi connectivity index (χ0v) is 20.1. The molecule has 0 aliphatic carbocycles. The van der Waals surface area contributed by atoms with E-state index >= 15 is 0 Å². The minimum Gasteiger partial charge on any atom is -0.497 e. The van der Waals surface area contributed by atoms with Crippen LogP contribution < -0.4 is 9.47 Å². The molecule has 0 radical (unpaired) electrons. The van der Waals surface area contributed by atoms with Crippen molar-refractivity contribution in [2.24, 2.45) is 0 Å². The number of hydrogen-bond donors (Lipinski definition) is 1. The number of aliphatic hydroxyl groups excluding tert-OH is 1. The van der Waals surface area contributed by atoms with Crippen molar-refractivity contribution in [2.45, 2.75) is 39.0 Å². The lowest BCUT2D eigenvalue weighted by Crippen LogP contribution is -2.24. The van der Waals surface area contributed by atoms with Crippen molar-refractivity contribution in [3.63, 3.8) is 0 Å². The molecule has 1 N–H and O–H groups in total. The molecule has 10 heteroatoms. The van der Waals surface area contributed by atoms with Crippen LogP contribution in [0.1, 0.15) is 25.1 Å². The second-order valence-electron chi connectivity index (χ2n) is 8.37. The monoisotopic (exact) mass is 481 g/mol. The Balaban J connectivity index is 1.55. The average Bonchev–Trinajstić information content (AvgIpc) is 3.32. The average molecular weight is 482 g/mol. The number of benzene rings is 1. The van der Waals surface area contributed by atoms with Gasteiger partial charge >= 0.3 is 0 Å². The van der Waals surface area contributed by atoms with Gasteiger partial charge in [0.1, 0.15) is 11.3 Å². The van der Waals surface area contributed by atoms with Crippen LogP contribution in [-0.4, -0.2) is 62.9 Å². The fourth-order valence-electron chi connectivity index (χ4n) is 3.56. The van der Waals surface area contributed by atoms with Crippen LogP contribution in [0.4, 0.5) is 4.39 Å². The van der Waals surface area contributed by atoms with E-state index in [1.807, 2.05) is 13.8 Å². The van der Waals surface area contributed by atoms with Crippen molar-refractivity contribution in [3.05, 3.63) is 59.9 Å². The van der Waals surface area contributed by atoms with Gasteiger partial charge in [-0.15, -0.1) is 0 Å². The van der Waals surface area contributed by atoms with Crippen molar-refractivity contribution in [2.75, 3.05) is 20.8 Å². The summed E-state index contributed by atoms with van der Waals surface area (Å²) in [5.74, 6) is 0.155. The molecular formula is C25H28FN5O4. The molecular weight excluding hydrogens is 453 g/mol.